The molecular weight excluding hydrogens is 1960 g/mol. The van der Waals surface area contributed by atoms with Crippen LogP contribution in [-0.4, -0.2) is 234 Å². The molecule has 20 N–H and O–H groups in total. The van der Waals surface area contributed by atoms with Crippen LogP contribution in [0.3, 0.4) is 0 Å². The number of carbonyl (C=O) groups excluding carboxylic acids is 1. The molecule has 0 aliphatic heterocycles. The molecule has 0 saturated carbocycles. The van der Waals surface area contributed by atoms with Gasteiger partial charge in [-0.2, -0.15) is 0 Å². The van der Waals surface area contributed by atoms with Crippen molar-refractivity contribution >= 4 is 125 Å². The van der Waals surface area contributed by atoms with E-state index in [1.54, 1.807) is 135 Å². The van der Waals surface area contributed by atoms with E-state index in [0.717, 1.165) is 256 Å². The molecule has 0 atom stereocenters. The van der Waals surface area contributed by atoms with E-state index in [9.17, 15) is 101 Å². The molecule has 0 saturated heterocycles. The second-order valence-corrected chi connectivity index (χ2v) is 24.5. The fourth-order valence-corrected chi connectivity index (χ4v) is 4.78. The number of ether oxygens (including phenoxy) is 1. The number of hydrogen-bond donors (Lipinski definition) is 20. The molecule has 149 heavy (non-hydrogen) atoms. The van der Waals surface area contributed by atoms with Gasteiger partial charge < -0.3 is 107 Å². The molecule has 0 fully saturated rings. The van der Waals surface area contributed by atoms with Crippen molar-refractivity contribution in [2.45, 2.75) is 287 Å². The minimum atomic E-state index is -0.873. The van der Waals surface area contributed by atoms with Crippen molar-refractivity contribution in [3.63, 3.8) is 0 Å². The van der Waals surface area contributed by atoms with E-state index in [0.29, 0.717) is 6.61 Å². The first-order valence-corrected chi connectivity index (χ1v) is 46.4. The summed E-state index contributed by atoms with van der Waals surface area (Å²) in [5, 5.41) is 159. The van der Waals surface area contributed by atoms with Crippen LogP contribution in [0, 0.1) is 0 Å². The van der Waals surface area contributed by atoms with E-state index in [1.165, 1.54) is 6.08 Å². The Morgan fingerprint density at radius 3 is 0.201 bits per heavy atom. The smallest absolute Gasteiger partial charge is 0.330 e. The van der Waals surface area contributed by atoms with Crippen molar-refractivity contribution < 1.29 is 208 Å². The Hall–Kier alpha value is -16.6. The Labute approximate surface area is 877 Å². The number of allylic oxidation sites excluding steroid dienone is 21. The van der Waals surface area contributed by atoms with Crippen LogP contribution in [0.25, 0.3) is 0 Å². The molecule has 42 nitrogen and oxygen atoms in total. The van der Waals surface area contributed by atoms with E-state index >= 15 is 0 Å². The predicted molar refractivity (Wildman–Crippen MR) is 577 cm³/mol. The number of hydrogen-bond acceptors (Lipinski definition) is 22. The van der Waals surface area contributed by atoms with Crippen molar-refractivity contribution in [3.8, 4) is 0 Å². The topological polar surface area (TPSA) is 772 Å². The zero-order valence-corrected chi connectivity index (χ0v) is 90.2. The zero-order chi connectivity index (χ0) is 121. The van der Waals surface area contributed by atoms with Crippen LogP contribution in [0.5, 0.6) is 0 Å². The Kier molecular flexibility index (Phi) is 223. The second-order valence-electron chi connectivity index (χ2n) is 24.5. The van der Waals surface area contributed by atoms with Crippen LogP contribution in [-0.2, 0) is 105 Å². The van der Waals surface area contributed by atoms with Gasteiger partial charge in [0, 0.05) is 128 Å². The van der Waals surface area contributed by atoms with Gasteiger partial charge >= 0.3 is 125 Å². The summed E-state index contributed by atoms with van der Waals surface area (Å²) in [6.07, 6.45) is 74.5. The fraction of sp³-hybridized carbons (Fsp3) is 0.411. The molecular formula is C107H172O42. The number of rotatable bonds is 43. The first-order chi connectivity index (χ1) is 69.7. The molecule has 0 radical (unpaired) electrons. The van der Waals surface area contributed by atoms with Crippen LogP contribution in [0.1, 0.15) is 287 Å². The van der Waals surface area contributed by atoms with E-state index < -0.39 is 119 Å². The molecule has 0 unspecified atom stereocenters. The Morgan fingerprint density at radius 1 is 0.114 bits per heavy atom. The lowest BCUT2D eigenvalue weighted by Crippen LogP contribution is -1.98. The third-order valence-electron chi connectivity index (χ3n) is 10.7. The SMILES string of the molecule is CCC=CC(=O)O.CCC=CC(=O)O.CCC=CC(=O)O.CCC=CC(=O)O.CCC=CC(=O)O.CCC=CC(=O)O.CCC=CC(=O)O.CCC=CC(=O)O.CCC=CC(=O)O.CCC=CC(=O)O.CCC=CC(=O)O.CCC=CC(=O)O.CCC=CC(=O)O.CCC=CC(=O)O.CCC=CC(=O)O.CCC=CC(=O)O.CCC=CC(=O)O.CCC=CC(=O)O.CCC=CC(=O)O.CCC=CC(=O)O.CCC=CC(=O)OCC. The predicted octanol–water partition coefficient (Wildman–Crippen LogP) is 22.3. The summed E-state index contributed by atoms with van der Waals surface area (Å²) < 4.78 is 4.62. The highest BCUT2D eigenvalue weighted by Crippen LogP contribution is 1.89. The second kappa shape index (κ2) is 180. The molecule has 0 aromatic carbocycles. The summed E-state index contributed by atoms with van der Waals surface area (Å²) in [5.74, 6) is -17.7. The highest BCUT2D eigenvalue weighted by Gasteiger charge is 1.92. The molecule has 0 bridgehead atoms. The fourth-order valence-electron chi connectivity index (χ4n) is 4.78. The van der Waals surface area contributed by atoms with Gasteiger partial charge in [0.05, 0.1) is 6.61 Å². The Bertz CT molecular complexity index is 2980. The molecule has 0 aliphatic rings. The normalized spacial score (nSPS) is 9.87. The molecule has 0 rings (SSSR count). The summed E-state index contributed by atoms with van der Waals surface area (Å²) >= 11 is 0. The zero-order valence-electron chi connectivity index (χ0n) is 90.2. The molecule has 0 spiro atoms. The molecule has 0 aromatic rings. The highest BCUT2D eigenvalue weighted by atomic mass is 16.5. The molecule has 0 amide bonds. The Morgan fingerprint density at radius 2 is 0.168 bits per heavy atom. The summed E-state index contributed by atoms with van der Waals surface area (Å²) in [7, 11) is 0. The van der Waals surface area contributed by atoms with Gasteiger partial charge in [-0.25, -0.2) is 101 Å². The van der Waals surface area contributed by atoms with Crippen LogP contribution in [0.2, 0.25) is 0 Å². The van der Waals surface area contributed by atoms with Crippen molar-refractivity contribution in [3.05, 3.63) is 255 Å². The number of aliphatic carboxylic acids is 20. The minimum absolute atomic E-state index is 0.251. The van der Waals surface area contributed by atoms with Gasteiger partial charge in [0.25, 0.3) is 0 Å². The quantitative estimate of drug-likeness (QED) is 0.0199. The molecule has 42 heteroatoms. The lowest BCUT2D eigenvalue weighted by atomic mass is 10.4. The summed E-state index contributed by atoms with van der Waals surface area (Å²) in [6, 6.07) is 0. The molecule has 852 valence electrons. The lowest BCUT2D eigenvalue weighted by Gasteiger charge is -1.92. The monoisotopic (exact) mass is 2130 g/mol. The maximum Gasteiger partial charge on any atom is 0.330 e. The van der Waals surface area contributed by atoms with Gasteiger partial charge in [0.1, 0.15) is 0 Å². The van der Waals surface area contributed by atoms with Crippen LogP contribution >= 0.6 is 0 Å². The van der Waals surface area contributed by atoms with E-state index in [2.05, 4.69) is 4.74 Å². The van der Waals surface area contributed by atoms with Crippen LogP contribution < -0.4 is 0 Å². The number of carboxylic acid groups (broad SMARTS) is 20. The largest absolute Gasteiger partial charge is 0.478 e. The van der Waals surface area contributed by atoms with Gasteiger partial charge in [-0.05, 0) is 142 Å². The lowest BCUT2D eigenvalue weighted by molar-refractivity contribution is -0.137. The van der Waals surface area contributed by atoms with Gasteiger partial charge in [-0.15, -0.1) is 0 Å². The van der Waals surface area contributed by atoms with E-state index in [4.69, 9.17) is 102 Å². The first-order valence-electron chi connectivity index (χ1n) is 46.4. The standard InChI is InChI=1S/C7H12O2.20C5H8O2/c1-3-5-6-7(8)9-4-2;20*1-2-3-4-5(6)7/h5-6H,3-4H2,1-2H3;20*3-4H,2H2,1H3,(H,6,7). The van der Waals surface area contributed by atoms with Gasteiger partial charge in [-0.1, -0.05) is 273 Å². The number of carbonyl (C=O) groups is 21. The van der Waals surface area contributed by atoms with Crippen molar-refractivity contribution in [2.24, 2.45) is 0 Å². The molecule has 0 aromatic heterocycles. The van der Waals surface area contributed by atoms with Crippen LogP contribution in [0.15, 0.2) is 255 Å². The third-order valence-corrected chi connectivity index (χ3v) is 10.7. The van der Waals surface area contributed by atoms with Crippen molar-refractivity contribution in [2.75, 3.05) is 6.61 Å². The molecule has 0 heterocycles. The summed E-state index contributed by atoms with van der Waals surface area (Å²) in [6.45, 7) is 42.0. The maximum absolute atomic E-state index is 10.5. The van der Waals surface area contributed by atoms with Gasteiger partial charge in [-0.3, -0.25) is 0 Å². The van der Waals surface area contributed by atoms with Crippen LogP contribution in [0.4, 0.5) is 0 Å². The first kappa shape index (κ1) is 184. The summed E-state index contributed by atoms with van der Waals surface area (Å²) in [4.78, 5) is 204. The van der Waals surface area contributed by atoms with Crippen molar-refractivity contribution in [1.29, 1.82) is 0 Å². The van der Waals surface area contributed by atoms with E-state index in [1.807, 2.05) is 145 Å². The third kappa shape index (κ3) is 444. The molecule has 0 aliphatic carbocycles. The number of esters is 1. The number of carboxylic acids is 20. The average molecular weight is 2130 g/mol. The minimum Gasteiger partial charge on any atom is -0.478 e. The van der Waals surface area contributed by atoms with Crippen molar-refractivity contribution in [1.82, 2.24) is 0 Å². The van der Waals surface area contributed by atoms with Gasteiger partial charge in [0.15, 0.2) is 0 Å². The Balaban J connectivity index is -0.0000000608. The maximum atomic E-state index is 10.5. The highest BCUT2D eigenvalue weighted by molar-refractivity contribution is 5.86. The van der Waals surface area contributed by atoms with E-state index in [-0.39, 0.29) is 5.97 Å². The summed E-state index contributed by atoms with van der Waals surface area (Å²) in [5.41, 5.74) is 0. The van der Waals surface area contributed by atoms with Gasteiger partial charge in [0.2, 0.25) is 0 Å². The average Bonchev–Trinajstić information content (AvgIpc) is 1.07.